The highest BCUT2D eigenvalue weighted by atomic mass is 32.2. The molecule has 1 aromatic heterocycles. The first-order valence-corrected chi connectivity index (χ1v) is 9.75. The SMILES string of the molecule is COC(=O)C(C(=O)OC)[C@H](NS(=O)(=O)c1ccccn1)c1ccc(C(F)(F)F)cc1. The summed E-state index contributed by atoms with van der Waals surface area (Å²) in [5, 5.41) is -0.421. The molecule has 30 heavy (non-hydrogen) atoms. The molecule has 1 heterocycles. The van der Waals surface area contributed by atoms with Gasteiger partial charge in [0.05, 0.1) is 25.8 Å². The lowest BCUT2D eigenvalue weighted by Crippen LogP contribution is -2.41. The number of alkyl halides is 3. The van der Waals surface area contributed by atoms with Crippen molar-refractivity contribution in [3.8, 4) is 0 Å². The number of aromatic nitrogens is 1. The molecule has 8 nitrogen and oxygen atoms in total. The fourth-order valence-electron chi connectivity index (χ4n) is 2.56. The Labute approximate surface area is 170 Å². The number of hydrogen-bond acceptors (Lipinski definition) is 7. The summed E-state index contributed by atoms with van der Waals surface area (Å²) in [5.74, 6) is -4.11. The van der Waals surface area contributed by atoms with E-state index in [1.165, 1.54) is 18.3 Å². The van der Waals surface area contributed by atoms with Crippen LogP contribution in [0.4, 0.5) is 13.2 Å². The monoisotopic (exact) mass is 446 g/mol. The third-order valence-corrected chi connectivity index (χ3v) is 5.39. The summed E-state index contributed by atoms with van der Waals surface area (Å²) in [6.07, 6.45) is -3.43. The van der Waals surface area contributed by atoms with Gasteiger partial charge in [0.15, 0.2) is 10.9 Å². The first kappa shape index (κ1) is 23.3. The zero-order chi connectivity index (χ0) is 22.5. The average Bonchev–Trinajstić information content (AvgIpc) is 2.72. The zero-order valence-electron chi connectivity index (χ0n) is 15.7. The van der Waals surface area contributed by atoms with Crippen LogP contribution < -0.4 is 4.72 Å². The number of methoxy groups -OCH3 is 2. The normalized spacial score (nSPS) is 13.0. The van der Waals surface area contributed by atoms with Gasteiger partial charge in [-0.3, -0.25) is 9.59 Å². The molecule has 0 bridgehead atoms. The van der Waals surface area contributed by atoms with Gasteiger partial charge in [-0.15, -0.1) is 0 Å². The van der Waals surface area contributed by atoms with Crippen LogP contribution in [0.1, 0.15) is 17.2 Å². The van der Waals surface area contributed by atoms with E-state index in [0.717, 1.165) is 32.4 Å². The second-order valence-electron chi connectivity index (χ2n) is 5.91. The molecule has 0 aliphatic rings. The summed E-state index contributed by atoms with van der Waals surface area (Å²) >= 11 is 0. The number of hydrogen-bond donors (Lipinski definition) is 1. The van der Waals surface area contributed by atoms with Gasteiger partial charge in [-0.1, -0.05) is 18.2 Å². The smallest absolute Gasteiger partial charge is 0.416 e. The lowest BCUT2D eigenvalue weighted by atomic mass is 9.93. The molecule has 0 amide bonds. The fourth-order valence-corrected chi connectivity index (χ4v) is 3.75. The molecule has 0 saturated carbocycles. The van der Waals surface area contributed by atoms with Gasteiger partial charge in [0, 0.05) is 6.20 Å². The Morgan fingerprint density at radius 3 is 2.00 bits per heavy atom. The van der Waals surface area contributed by atoms with Gasteiger partial charge in [0.25, 0.3) is 10.0 Å². The van der Waals surface area contributed by atoms with Crippen LogP contribution in [0.15, 0.2) is 53.7 Å². The van der Waals surface area contributed by atoms with Gasteiger partial charge >= 0.3 is 18.1 Å². The topological polar surface area (TPSA) is 112 Å². The molecule has 12 heteroatoms. The van der Waals surface area contributed by atoms with Crippen LogP contribution in [0.25, 0.3) is 0 Å². The van der Waals surface area contributed by atoms with E-state index in [2.05, 4.69) is 19.2 Å². The Morgan fingerprint density at radius 1 is 1.00 bits per heavy atom. The van der Waals surface area contributed by atoms with Crippen molar-refractivity contribution >= 4 is 22.0 Å². The van der Waals surface area contributed by atoms with Crippen molar-refractivity contribution in [3.05, 3.63) is 59.8 Å². The van der Waals surface area contributed by atoms with Gasteiger partial charge in [0.1, 0.15) is 0 Å². The minimum atomic E-state index is -4.63. The van der Waals surface area contributed by atoms with Crippen LogP contribution in [0.3, 0.4) is 0 Å². The van der Waals surface area contributed by atoms with Crippen molar-refractivity contribution < 1.29 is 40.7 Å². The number of benzene rings is 1. The number of esters is 2. The Kier molecular flexibility index (Phi) is 7.16. The summed E-state index contributed by atoms with van der Waals surface area (Å²) in [4.78, 5) is 28.1. The van der Waals surface area contributed by atoms with E-state index in [0.29, 0.717) is 12.1 Å². The first-order valence-electron chi connectivity index (χ1n) is 8.27. The number of nitrogens with one attached hydrogen (secondary N) is 1. The minimum absolute atomic E-state index is 0.0942. The predicted octanol–water partition coefficient (Wildman–Crippen LogP) is 2.08. The molecule has 0 fully saturated rings. The van der Waals surface area contributed by atoms with Crippen molar-refractivity contribution in [2.45, 2.75) is 17.2 Å². The van der Waals surface area contributed by atoms with Gasteiger partial charge in [-0.05, 0) is 29.8 Å². The highest BCUT2D eigenvalue weighted by Crippen LogP contribution is 2.32. The van der Waals surface area contributed by atoms with E-state index < -0.39 is 50.7 Å². The maximum absolute atomic E-state index is 12.9. The van der Waals surface area contributed by atoms with Crippen LogP contribution in [0.2, 0.25) is 0 Å². The maximum Gasteiger partial charge on any atom is 0.416 e. The Morgan fingerprint density at radius 2 is 1.57 bits per heavy atom. The summed E-state index contributed by atoms with van der Waals surface area (Å²) < 4.78 is 75.3. The Hall–Kier alpha value is -2.99. The summed E-state index contributed by atoms with van der Waals surface area (Å²) in [7, 11) is -2.44. The lowest BCUT2D eigenvalue weighted by Gasteiger charge is -2.25. The molecule has 162 valence electrons. The molecule has 2 rings (SSSR count). The second-order valence-corrected chi connectivity index (χ2v) is 7.57. The largest absolute Gasteiger partial charge is 0.468 e. The molecular weight excluding hydrogens is 429 g/mol. The molecule has 0 aliphatic heterocycles. The molecule has 1 aromatic carbocycles. The number of rotatable bonds is 7. The second kappa shape index (κ2) is 9.22. The number of halogens is 3. The molecule has 2 aromatic rings. The molecule has 0 radical (unpaired) electrons. The van der Waals surface area contributed by atoms with Crippen molar-refractivity contribution in [2.75, 3.05) is 14.2 Å². The van der Waals surface area contributed by atoms with Crippen LogP contribution in [0, 0.1) is 5.92 Å². The highest BCUT2D eigenvalue weighted by molar-refractivity contribution is 7.89. The standard InChI is InChI=1S/C18H17F3N2O6S/c1-28-16(24)14(17(25)29-2)15(11-6-8-12(9-7-11)18(19,20)21)23-30(26,27)13-5-3-4-10-22-13/h3-10,14-15,23H,1-2H3/t15-/m1/s1. The molecule has 0 saturated heterocycles. The number of nitrogens with zero attached hydrogens (tertiary/aromatic N) is 1. The lowest BCUT2D eigenvalue weighted by molar-refractivity contribution is -0.160. The average molecular weight is 446 g/mol. The van der Waals surface area contributed by atoms with Crippen molar-refractivity contribution in [2.24, 2.45) is 5.92 Å². The third kappa shape index (κ3) is 5.33. The van der Waals surface area contributed by atoms with E-state index in [-0.39, 0.29) is 5.56 Å². The molecule has 0 aliphatic carbocycles. The zero-order valence-corrected chi connectivity index (χ0v) is 16.5. The van der Waals surface area contributed by atoms with Gasteiger partial charge < -0.3 is 9.47 Å². The van der Waals surface area contributed by atoms with E-state index in [1.54, 1.807) is 0 Å². The van der Waals surface area contributed by atoms with E-state index >= 15 is 0 Å². The highest BCUT2D eigenvalue weighted by Gasteiger charge is 2.41. The van der Waals surface area contributed by atoms with E-state index in [9.17, 15) is 31.2 Å². The van der Waals surface area contributed by atoms with Crippen LogP contribution in [0.5, 0.6) is 0 Å². The van der Waals surface area contributed by atoms with Crippen molar-refractivity contribution in [1.29, 1.82) is 0 Å². The number of ether oxygens (including phenoxy) is 2. The number of carbonyl (C=O) groups is 2. The van der Waals surface area contributed by atoms with E-state index in [1.807, 2.05) is 0 Å². The minimum Gasteiger partial charge on any atom is -0.468 e. The fraction of sp³-hybridized carbons (Fsp3) is 0.278. The Balaban J connectivity index is 2.57. The van der Waals surface area contributed by atoms with Crippen LogP contribution in [-0.2, 0) is 35.3 Å². The third-order valence-electron chi connectivity index (χ3n) is 4.04. The van der Waals surface area contributed by atoms with Crippen LogP contribution in [-0.4, -0.2) is 39.6 Å². The van der Waals surface area contributed by atoms with Gasteiger partial charge in [-0.25, -0.2) is 18.1 Å². The van der Waals surface area contributed by atoms with Gasteiger partial charge in [-0.2, -0.15) is 13.2 Å². The van der Waals surface area contributed by atoms with Crippen molar-refractivity contribution in [3.63, 3.8) is 0 Å². The summed E-state index contributed by atoms with van der Waals surface area (Å²) in [6.45, 7) is 0. The Bertz CT molecular complexity index is 979. The molecule has 0 spiro atoms. The quantitative estimate of drug-likeness (QED) is 0.512. The maximum atomic E-state index is 12.9. The number of sulfonamides is 1. The number of pyridine rings is 1. The molecule has 1 atom stereocenters. The van der Waals surface area contributed by atoms with Crippen molar-refractivity contribution in [1.82, 2.24) is 9.71 Å². The van der Waals surface area contributed by atoms with Gasteiger partial charge in [0.2, 0.25) is 0 Å². The van der Waals surface area contributed by atoms with Crippen LogP contribution >= 0.6 is 0 Å². The van der Waals surface area contributed by atoms with E-state index in [4.69, 9.17) is 0 Å². The summed E-state index contributed by atoms with van der Waals surface area (Å²) in [6, 6.07) is 5.70. The first-order chi connectivity index (χ1) is 14.0. The molecular formula is C18H17F3N2O6S. The molecule has 1 N–H and O–H groups in total. The number of carbonyl (C=O) groups excluding carboxylic acids is 2. The summed E-state index contributed by atoms with van der Waals surface area (Å²) in [5.41, 5.74) is -1.09. The molecule has 0 unspecified atom stereocenters. The predicted molar refractivity (Wildman–Crippen MR) is 96.3 cm³/mol.